The number of nitrogens with one attached hydrogen (secondary N) is 2. The number of halogens is 6. The molecule has 0 heterocycles. The summed E-state index contributed by atoms with van der Waals surface area (Å²) in [5.74, 6) is -3.12. The average molecular weight is 518 g/mol. The molecule has 0 fully saturated rings. The predicted molar refractivity (Wildman–Crippen MR) is 118 cm³/mol. The van der Waals surface area contributed by atoms with Gasteiger partial charge in [0.15, 0.2) is 0 Å². The first-order valence-corrected chi connectivity index (χ1v) is 10.9. The van der Waals surface area contributed by atoms with E-state index in [4.69, 9.17) is 4.74 Å². The zero-order valence-electron chi connectivity index (χ0n) is 19.5. The van der Waals surface area contributed by atoms with Crippen molar-refractivity contribution in [1.29, 1.82) is 0 Å². The van der Waals surface area contributed by atoms with Crippen molar-refractivity contribution in [3.05, 3.63) is 64.7 Å². The van der Waals surface area contributed by atoms with Crippen molar-refractivity contribution in [3.63, 3.8) is 0 Å². The molecule has 0 spiro atoms. The van der Waals surface area contributed by atoms with Crippen LogP contribution in [-0.4, -0.2) is 30.4 Å². The molecule has 2 N–H and O–H groups in total. The summed E-state index contributed by atoms with van der Waals surface area (Å²) in [6.45, 7) is 5.09. The molecule has 2 atom stereocenters. The zero-order valence-corrected chi connectivity index (χ0v) is 19.5. The highest BCUT2D eigenvalue weighted by atomic mass is 19.4. The van der Waals surface area contributed by atoms with E-state index in [2.05, 4.69) is 10.6 Å². The Morgan fingerprint density at radius 2 is 1.39 bits per heavy atom. The number of esters is 1. The van der Waals surface area contributed by atoms with Crippen LogP contribution in [0.5, 0.6) is 0 Å². The second-order valence-electron chi connectivity index (χ2n) is 7.92. The molecule has 2 aromatic rings. The molecule has 196 valence electrons. The Morgan fingerprint density at radius 1 is 0.861 bits per heavy atom. The minimum absolute atomic E-state index is 0.0877. The molecule has 0 saturated carbocycles. The van der Waals surface area contributed by atoms with Gasteiger partial charge in [0.2, 0.25) is 5.91 Å². The van der Waals surface area contributed by atoms with Crippen molar-refractivity contribution < 1.29 is 45.5 Å². The lowest BCUT2D eigenvalue weighted by atomic mass is 9.97. The van der Waals surface area contributed by atoms with Gasteiger partial charge in [-0.3, -0.25) is 9.59 Å². The molecule has 6 nitrogen and oxygen atoms in total. The third-order valence-corrected chi connectivity index (χ3v) is 5.30. The fraction of sp³-hybridized carbons (Fsp3) is 0.375. The summed E-state index contributed by atoms with van der Waals surface area (Å²) < 4.78 is 83.7. The number of benzene rings is 2. The van der Waals surface area contributed by atoms with Crippen LogP contribution in [0.2, 0.25) is 0 Å². The maximum absolute atomic E-state index is 13.1. The molecule has 2 amide bonds. The molecule has 2 rings (SSSR count). The number of amides is 2. The van der Waals surface area contributed by atoms with E-state index in [-0.39, 0.29) is 23.9 Å². The minimum Gasteiger partial charge on any atom is -0.462 e. The maximum Gasteiger partial charge on any atom is 0.416 e. The number of carbonyl (C=O) groups excluding carboxylic acids is 3. The number of ether oxygens (including phenoxy) is 1. The first kappa shape index (κ1) is 28.7. The van der Waals surface area contributed by atoms with E-state index in [0.717, 1.165) is 0 Å². The quantitative estimate of drug-likeness (QED) is 0.348. The molecule has 0 aliphatic heterocycles. The fourth-order valence-corrected chi connectivity index (χ4v) is 3.14. The molecule has 0 saturated heterocycles. The van der Waals surface area contributed by atoms with Crippen LogP contribution < -0.4 is 10.6 Å². The number of carbonyl (C=O) groups is 3. The van der Waals surface area contributed by atoms with E-state index in [9.17, 15) is 40.7 Å². The van der Waals surface area contributed by atoms with Crippen LogP contribution in [0.3, 0.4) is 0 Å². The Morgan fingerprint density at radius 3 is 1.83 bits per heavy atom. The normalized spacial score (nSPS) is 13.5. The van der Waals surface area contributed by atoms with Gasteiger partial charge in [0.25, 0.3) is 5.91 Å². The van der Waals surface area contributed by atoms with Gasteiger partial charge in [-0.15, -0.1) is 0 Å². The van der Waals surface area contributed by atoms with Crippen LogP contribution in [0.25, 0.3) is 0 Å². The summed E-state index contributed by atoms with van der Waals surface area (Å²) in [7, 11) is 0. The minimum atomic E-state index is -5.13. The summed E-state index contributed by atoms with van der Waals surface area (Å²) >= 11 is 0. The van der Waals surface area contributed by atoms with Gasteiger partial charge in [-0.25, -0.2) is 4.79 Å². The molecule has 12 heteroatoms. The monoisotopic (exact) mass is 518 g/mol. The van der Waals surface area contributed by atoms with Crippen LogP contribution in [0.15, 0.2) is 42.5 Å². The van der Waals surface area contributed by atoms with Gasteiger partial charge in [0.1, 0.15) is 6.04 Å². The lowest BCUT2D eigenvalue weighted by molar-refractivity contribution is -0.143. The van der Waals surface area contributed by atoms with Crippen LogP contribution in [0.4, 0.5) is 32.0 Å². The van der Waals surface area contributed by atoms with Crippen molar-refractivity contribution in [2.45, 2.75) is 45.6 Å². The van der Waals surface area contributed by atoms with Gasteiger partial charge in [-0.05, 0) is 55.3 Å². The number of anilines is 1. The van der Waals surface area contributed by atoms with Crippen molar-refractivity contribution >= 4 is 23.5 Å². The van der Waals surface area contributed by atoms with Crippen molar-refractivity contribution in [2.24, 2.45) is 5.92 Å². The highest BCUT2D eigenvalue weighted by Crippen LogP contribution is 2.36. The molecule has 2 aromatic carbocycles. The average Bonchev–Trinajstić information content (AvgIpc) is 2.81. The summed E-state index contributed by atoms with van der Waals surface area (Å²) in [6, 6.07) is 4.82. The molecule has 0 aliphatic carbocycles. The van der Waals surface area contributed by atoms with Gasteiger partial charge >= 0.3 is 18.3 Å². The Balaban J connectivity index is 2.29. The predicted octanol–water partition coefficient (Wildman–Crippen LogP) is 5.68. The third-order valence-electron chi connectivity index (χ3n) is 5.30. The molecule has 0 bridgehead atoms. The smallest absolute Gasteiger partial charge is 0.416 e. The summed E-state index contributed by atoms with van der Waals surface area (Å²) in [5.41, 5.74) is -3.71. The summed E-state index contributed by atoms with van der Waals surface area (Å²) in [6.07, 6.45) is -9.89. The van der Waals surface area contributed by atoms with E-state index in [1.165, 1.54) is 24.3 Å². The number of hydrogen-bond donors (Lipinski definition) is 2. The summed E-state index contributed by atoms with van der Waals surface area (Å²) in [5, 5.41) is 4.77. The summed E-state index contributed by atoms with van der Waals surface area (Å²) in [4.78, 5) is 37.3. The first-order valence-electron chi connectivity index (χ1n) is 10.9. The van der Waals surface area contributed by atoms with Crippen LogP contribution in [0, 0.1) is 5.92 Å². The number of hydrogen-bond acceptors (Lipinski definition) is 4. The molecular weight excluding hydrogens is 494 g/mol. The van der Waals surface area contributed by atoms with Crippen molar-refractivity contribution in [3.8, 4) is 0 Å². The first-order chi connectivity index (χ1) is 16.7. The molecule has 36 heavy (non-hydrogen) atoms. The molecule has 0 aliphatic rings. The molecular formula is C24H24F6N2O4. The van der Waals surface area contributed by atoms with Crippen LogP contribution >= 0.6 is 0 Å². The van der Waals surface area contributed by atoms with Gasteiger partial charge in [0, 0.05) is 11.3 Å². The van der Waals surface area contributed by atoms with Gasteiger partial charge in [0.05, 0.1) is 23.3 Å². The van der Waals surface area contributed by atoms with E-state index >= 15 is 0 Å². The SMILES string of the molecule is CCOC(=O)c1ccc(NC(=O)C(NC(=O)c2cc(C(F)(F)F)cc(C(F)(F)F)c2)C(C)CC)cc1. The largest absolute Gasteiger partial charge is 0.462 e. The maximum atomic E-state index is 13.1. The lowest BCUT2D eigenvalue weighted by Gasteiger charge is -2.24. The van der Waals surface area contributed by atoms with Crippen molar-refractivity contribution in [2.75, 3.05) is 11.9 Å². The Kier molecular flexibility index (Phi) is 9.11. The second-order valence-corrected chi connectivity index (χ2v) is 7.92. The lowest BCUT2D eigenvalue weighted by Crippen LogP contribution is -2.47. The van der Waals surface area contributed by atoms with Crippen LogP contribution in [-0.2, 0) is 21.9 Å². The van der Waals surface area contributed by atoms with Crippen molar-refractivity contribution in [1.82, 2.24) is 5.32 Å². The molecule has 0 aromatic heterocycles. The number of alkyl halides is 6. The van der Waals surface area contributed by atoms with E-state index in [1.54, 1.807) is 20.8 Å². The highest BCUT2D eigenvalue weighted by Gasteiger charge is 2.38. The topological polar surface area (TPSA) is 84.5 Å². The Labute approximate surface area is 203 Å². The Bertz CT molecular complexity index is 1070. The van der Waals surface area contributed by atoms with E-state index in [1.807, 2.05) is 0 Å². The van der Waals surface area contributed by atoms with E-state index in [0.29, 0.717) is 18.6 Å². The fourth-order valence-electron chi connectivity index (χ4n) is 3.14. The standard InChI is InChI=1S/C24H24F6N2O4/c1-4-13(3)19(21(34)31-18-8-6-14(7-9-18)22(35)36-5-2)32-20(33)15-10-16(23(25,26)27)12-17(11-15)24(28,29)30/h6-13,19H,4-5H2,1-3H3,(H,31,34)(H,32,33). The zero-order chi connectivity index (χ0) is 27.3. The second kappa shape index (κ2) is 11.4. The van der Waals surface area contributed by atoms with E-state index < -0.39 is 58.8 Å². The highest BCUT2D eigenvalue weighted by molar-refractivity contribution is 6.01. The molecule has 0 radical (unpaired) electrons. The number of rotatable bonds is 8. The van der Waals surface area contributed by atoms with Crippen LogP contribution in [0.1, 0.15) is 59.0 Å². The third kappa shape index (κ3) is 7.46. The Hall–Kier alpha value is -3.57. The molecule has 2 unspecified atom stereocenters. The van der Waals surface area contributed by atoms with Gasteiger partial charge < -0.3 is 15.4 Å². The van der Waals surface area contributed by atoms with Gasteiger partial charge in [-0.1, -0.05) is 20.3 Å². The van der Waals surface area contributed by atoms with Gasteiger partial charge in [-0.2, -0.15) is 26.3 Å².